The summed E-state index contributed by atoms with van der Waals surface area (Å²) in [6.07, 6.45) is 7.54. The Morgan fingerprint density at radius 1 is 1.32 bits per heavy atom. The van der Waals surface area contributed by atoms with E-state index in [1.165, 1.54) is 30.6 Å². The smallest absolute Gasteiger partial charge is 0.231 e. The van der Waals surface area contributed by atoms with Crippen molar-refractivity contribution in [2.45, 2.75) is 51.1 Å². The predicted octanol–water partition coefficient (Wildman–Crippen LogP) is 2.62. The fourth-order valence-electron chi connectivity index (χ4n) is 4.08. The van der Waals surface area contributed by atoms with Gasteiger partial charge in [0.2, 0.25) is 5.91 Å². The van der Waals surface area contributed by atoms with Gasteiger partial charge in [0.15, 0.2) is 5.96 Å². The molecule has 0 radical (unpaired) electrons. The zero-order chi connectivity index (χ0) is 17.6. The number of carbonyl (C=O) groups is 1. The number of fused-ring (bicyclic) bond motifs is 1. The minimum atomic E-state index is -0.616. The maximum absolute atomic E-state index is 12.2. The second-order valence-electron chi connectivity index (χ2n) is 7.62. The molecule has 1 aromatic carbocycles. The monoisotopic (exact) mass is 339 g/mol. The van der Waals surface area contributed by atoms with E-state index in [0.717, 1.165) is 28.9 Å². The first kappa shape index (κ1) is 16.1. The highest BCUT2D eigenvalue weighted by molar-refractivity contribution is 5.99. The molecule has 1 saturated carbocycles. The van der Waals surface area contributed by atoms with E-state index in [1.54, 1.807) is 7.05 Å². The van der Waals surface area contributed by atoms with Crippen LogP contribution in [-0.4, -0.2) is 33.6 Å². The largest absolute Gasteiger partial charge is 0.369 e. The van der Waals surface area contributed by atoms with E-state index >= 15 is 0 Å². The Morgan fingerprint density at radius 2 is 2.08 bits per heavy atom. The molecule has 2 aromatic rings. The van der Waals surface area contributed by atoms with Crippen LogP contribution in [0.1, 0.15) is 44.6 Å². The van der Waals surface area contributed by atoms with Crippen molar-refractivity contribution in [3.8, 4) is 0 Å². The van der Waals surface area contributed by atoms with Gasteiger partial charge in [-0.25, -0.2) is 4.99 Å². The molecule has 132 valence electrons. The first-order valence-corrected chi connectivity index (χ1v) is 9.04. The Bertz CT molecular complexity index is 849. The molecular formula is C19H25N5O. The lowest BCUT2D eigenvalue weighted by atomic mass is 9.87. The number of carbonyl (C=O) groups excluding carboxylic acids is 1. The maximum atomic E-state index is 12.2. The van der Waals surface area contributed by atoms with Crippen molar-refractivity contribution >= 4 is 22.8 Å². The molecule has 6 nitrogen and oxygen atoms in total. The highest BCUT2D eigenvalue weighted by atomic mass is 16.2. The molecule has 0 saturated heterocycles. The van der Waals surface area contributed by atoms with Crippen molar-refractivity contribution in [3.05, 3.63) is 30.0 Å². The highest BCUT2D eigenvalue weighted by Gasteiger charge is 2.36. The minimum absolute atomic E-state index is 0.00738. The van der Waals surface area contributed by atoms with Crippen molar-refractivity contribution in [2.24, 2.45) is 16.6 Å². The van der Waals surface area contributed by atoms with E-state index in [4.69, 9.17) is 5.73 Å². The first-order valence-electron chi connectivity index (χ1n) is 9.04. The van der Waals surface area contributed by atoms with Crippen LogP contribution in [0.25, 0.3) is 10.9 Å². The van der Waals surface area contributed by atoms with Crippen LogP contribution in [0.3, 0.4) is 0 Å². The molecule has 1 aliphatic carbocycles. The van der Waals surface area contributed by atoms with Crippen molar-refractivity contribution < 1.29 is 4.79 Å². The lowest BCUT2D eigenvalue weighted by Crippen LogP contribution is -2.47. The second kappa shape index (κ2) is 5.86. The molecule has 2 heterocycles. The molecule has 0 spiro atoms. The summed E-state index contributed by atoms with van der Waals surface area (Å²) in [6, 6.07) is 6.26. The van der Waals surface area contributed by atoms with Gasteiger partial charge in [-0.2, -0.15) is 5.10 Å². The summed E-state index contributed by atoms with van der Waals surface area (Å²) in [7, 11) is 1.66. The molecular weight excluding hydrogens is 314 g/mol. The summed E-state index contributed by atoms with van der Waals surface area (Å²) in [6.45, 7) is 2.96. The summed E-state index contributed by atoms with van der Waals surface area (Å²) < 4.78 is 2.12. The molecule has 0 bridgehead atoms. The summed E-state index contributed by atoms with van der Waals surface area (Å²) in [5.41, 5.74) is 7.47. The molecule has 2 N–H and O–H groups in total. The summed E-state index contributed by atoms with van der Waals surface area (Å²) in [5, 5.41) is 5.69. The van der Waals surface area contributed by atoms with Gasteiger partial charge in [-0.05, 0) is 43.4 Å². The van der Waals surface area contributed by atoms with Gasteiger partial charge >= 0.3 is 0 Å². The van der Waals surface area contributed by atoms with Crippen molar-refractivity contribution in [2.75, 3.05) is 7.05 Å². The van der Waals surface area contributed by atoms with Gasteiger partial charge in [0.05, 0.1) is 23.7 Å². The van der Waals surface area contributed by atoms with Crippen LogP contribution in [0.4, 0.5) is 0 Å². The van der Waals surface area contributed by atoms with E-state index in [-0.39, 0.29) is 11.9 Å². The molecule has 25 heavy (non-hydrogen) atoms. The van der Waals surface area contributed by atoms with Crippen LogP contribution in [0, 0.1) is 5.92 Å². The van der Waals surface area contributed by atoms with Crippen LogP contribution >= 0.6 is 0 Å². The number of aromatic nitrogens is 2. The number of nitrogens with two attached hydrogens (primary N) is 1. The molecule has 4 rings (SSSR count). The van der Waals surface area contributed by atoms with Gasteiger partial charge in [-0.15, -0.1) is 0 Å². The van der Waals surface area contributed by atoms with Crippen LogP contribution in [0.5, 0.6) is 0 Å². The average Bonchev–Trinajstić information content (AvgIpc) is 3.23. The maximum Gasteiger partial charge on any atom is 0.231 e. The third-order valence-corrected chi connectivity index (χ3v) is 5.74. The molecule has 1 aromatic heterocycles. The molecule has 1 aliphatic heterocycles. The van der Waals surface area contributed by atoms with Gasteiger partial charge in [0, 0.05) is 19.0 Å². The lowest BCUT2D eigenvalue weighted by molar-refractivity contribution is -0.128. The molecule has 1 fully saturated rings. The zero-order valence-corrected chi connectivity index (χ0v) is 14.9. The SMILES string of the molecule is CN1C(=O)C[C@@](C)(c2ccc3c(cnn3CC3CCCC3)c2)N=C1N. The van der Waals surface area contributed by atoms with E-state index in [0.29, 0.717) is 6.42 Å². The summed E-state index contributed by atoms with van der Waals surface area (Å²) in [5.74, 6) is 1.01. The lowest BCUT2D eigenvalue weighted by Gasteiger charge is -2.33. The highest BCUT2D eigenvalue weighted by Crippen LogP contribution is 2.35. The Kier molecular flexibility index (Phi) is 3.78. The molecule has 1 amide bonds. The van der Waals surface area contributed by atoms with Crippen LogP contribution in [-0.2, 0) is 16.9 Å². The van der Waals surface area contributed by atoms with Gasteiger partial charge in [0.25, 0.3) is 0 Å². The third kappa shape index (κ3) is 2.79. The van der Waals surface area contributed by atoms with E-state index in [2.05, 4.69) is 33.0 Å². The number of nitrogens with zero attached hydrogens (tertiary/aromatic N) is 4. The topological polar surface area (TPSA) is 76.5 Å². The number of rotatable bonds is 3. The van der Waals surface area contributed by atoms with Crippen LogP contribution in [0.2, 0.25) is 0 Å². The fourth-order valence-corrected chi connectivity index (χ4v) is 4.08. The standard InChI is InChI=1S/C19H25N5O/c1-19(10-17(25)23(2)18(20)22-19)15-7-8-16-14(9-15)11-21-24(16)12-13-5-3-4-6-13/h7-9,11,13H,3-6,10,12H2,1-2H3,(H2,20,22)/t19-/m0/s1. The zero-order valence-electron chi connectivity index (χ0n) is 14.9. The third-order valence-electron chi connectivity index (χ3n) is 5.74. The van der Waals surface area contributed by atoms with E-state index in [9.17, 15) is 4.79 Å². The van der Waals surface area contributed by atoms with Crippen molar-refractivity contribution in [1.82, 2.24) is 14.7 Å². The first-order chi connectivity index (χ1) is 12.0. The van der Waals surface area contributed by atoms with Crippen molar-refractivity contribution in [3.63, 3.8) is 0 Å². The fraction of sp³-hybridized carbons (Fsp3) is 0.526. The quantitative estimate of drug-likeness (QED) is 0.934. The predicted molar refractivity (Wildman–Crippen MR) is 98.1 cm³/mol. The van der Waals surface area contributed by atoms with Crippen LogP contribution in [0.15, 0.2) is 29.4 Å². The molecule has 6 heteroatoms. The Labute approximate surface area is 147 Å². The van der Waals surface area contributed by atoms with Gasteiger partial charge in [-0.1, -0.05) is 18.9 Å². The molecule has 0 unspecified atom stereocenters. The Hall–Kier alpha value is -2.37. The van der Waals surface area contributed by atoms with E-state index in [1.807, 2.05) is 13.1 Å². The Balaban J connectivity index is 1.67. The normalized spacial score (nSPS) is 25.0. The number of hydrogen-bond donors (Lipinski definition) is 1. The number of benzene rings is 1. The van der Waals surface area contributed by atoms with Gasteiger partial charge in [-0.3, -0.25) is 14.4 Å². The van der Waals surface area contributed by atoms with E-state index < -0.39 is 5.54 Å². The minimum Gasteiger partial charge on any atom is -0.369 e. The average molecular weight is 339 g/mol. The second-order valence-corrected chi connectivity index (χ2v) is 7.62. The summed E-state index contributed by atoms with van der Waals surface area (Å²) in [4.78, 5) is 18.2. The van der Waals surface area contributed by atoms with Gasteiger partial charge in [0.1, 0.15) is 0 Å². The number of aliphatic imine (C=N–C) groups is 1. The molecule has 2 aliphatic rings. The number of guanidine groups is 1. The van der Waals surface area contributed by atoms with Crippen molar-refractivity contribution in [1.29, 1.82) is 0 Å². The Morgan fingerprint density at radius 3 is 2.80 bits per heavy atom. The van der Waals surface area contributed by atoms with Gasteiger partial charge < -0.3 is 5.73 Å². The number of hydrogen-bond acceptors (Lipinski definition) is 4. The summed E-state index contributed by atoms with van der Waals surface area (Å²) >= 11 is 0. The number of amides is 1. The molecule has 1 atom stereocenters. The van der Waals surface area contributed by atoms with Crippen LogP contribution < -0.4 is 5.73 Å².